The molecule has 0 fully saturated rings. The second-order valence-electron chi connectivity index (χ2n) is 3.02. The molecular weight excluding hydrogens is 247 g/mol. The van der Waals surface area contributed by atoms with Crippen molar-refractivity contribution < 1.29 is 23.8 Å². The number of rotatable bonds is 5. The lowest BCUT2D eigenvalue weighted by molar-refractivity contribution is -0.139. The van der Waals surface area contributed by atoms with E-state index in [0.717, 1.165) is 17.8 Å². The fraction of sp³-hybridized carbons (Fsp3) is 0.273. The summed E-state index contributed by atoms with van der Waals surface area (Å²) < 4.78 is 18.1. The largest absolute Gasteiger partial charge is 0.478 e. The Bertz CT molecular complexity index is 433. The molecule has 1 rings (SSSR count). The van der Waals surface area contributed by atoms with Crippen molar-refractivity contribution in [3.8, 4) is 0 Å². The average Bonchev–Trinajstić information content (AvgIpc) is 2.27. The number of carbonyl (C=O) groups is 2. The van der Waals surface area contributed by atoms with Gasteiger partial charge in [-0.1, -0.05) is 6.07 Å². The number of carboxylic acid groups (broad SMARTS) is 1. The first-order valence-electron chi connectivity index (χ1n) is 4.86. The molecule has 0 spiro atoms. The Labute approximate surface area is 102 Å². The monoisotopic (exact) mass is 258 g/mol. The van der Waals surface area contributed by atoms with Crippen LogP contribution >= 0.6 is 11.8 Å². The molecule has 0 bridgehead atoms. The Morgan fingerprint density at radius 3 is 2.76 bits per heavy atom. The summed E-state index contributed by atoms with van der Waals surface area (Å²) in [5.41, 5.74) is -0.153. The number of carbonyl (C=O) groups excluding carboxylic acids is 1. The van der Waals surface area contributed by atoms with E-state index in [1.165, 1.54) is 12.1 Å². The Balaban J connectivity index is 2.82. The fourth-order valence-corrected chi connectivity index (χ4v) is 2.02. The topological polar surface area (TPSA) is 63.6 Å². The van der Waals surface area contributed by atoms with Crippen LogP contribution in [0, 0.1) is 5.82 Å². The molecule has 17 heavy (non-hydrogen) atoms. The summed E-state index contributed by atoms with van der Waals surface area (Å²) in [6.07, 6.45) is 0. The molecule has 0 heterocycles. The normalized spacial score (nSPS) is 10.0. The van der Waals surface area contributed by atoms with Crippen molar-refractivity contribution in [3.05, 3.63) is 29.6 Å². The summed E-state index contributed by atoms with van der Waals surface area (Å²) in [7, 11) is 0. The van der Waals surface area contributed by atoms with E-state index in [1.807, 2.05) is 0 Å². The van der Waals surface area contributed by atoms with E-state index >= 15 is 0 Å². The van der Waals surface area contributed by atoms with Crippen LogP contribution in [0.3, 0.4) is 0 Å². The van der Waals surface area contributed by atoms with Gasteiger partial charge in [0.15, 0.2) is 0 Å². The first-order chi connectivity index (χ1) is 8.06. The molecule has 0 amide bonds. The smallest absolute Gasteiger partial charge is 0.336 e. The minimum Gasteiger partial charge on any atom is -0.478 e. The highest BCUT2D eigenvalue weighted by Crippen LogP contribution is 2.26. The van der Waals surface area contributed by atoms with Crippen LogP contribution < -0.4 is 0 Å². The highest BCUT2D eigenvalue weighted by Gasteiger charge is 2.16. The van der Waals surface area contributed by atoms with Crippen LogP contribution in [0.5, 0.6) is 0 Å². The highest BCUT2D eigenvalue weighted by molar-refractivity contribution is 8.00. The van der Waals surface area contributed by atoms with E-state index in [9.17, 15) is 14.0 Å². The lowest BCUT2D eigenvalue weighted by atomic mass is 10.2. The lowest BCUT2D eigenvalue weighted by Gasteiger charge is -2.06. The van der Waals surface area contributed by atoms with Gasteiger partial charge >= 0.3 is 11.9 Å². The number of ether oxygens (including phenoxy) is 1. The predicted molar refractivity (Wildman–Crippen MR) is 60.7 cm³/mol. The zero-order valence-corrected chi connectivity index (χ0v) is 9.92. The molecule has 1 aromatic carbocycles. The quantitative estimate of drug-likeness (QED) is 0.647. The lowest BCUT2D eigenvalue weighted by Crippen LogP contribution is -2.08. The molecule has 4 nitrogen and oxygen atoms in total. The highest BCUT2D eigenvalue weighted by atomic mass is 32.2. The SMILES string of the molecule is CCOC(=O)CSc1c(F)cccc1C(=O)O. The van der Waals surface area contributed by atoms with Crippen molar-refractivity contribution in [1.82, 2.24) is 0 Å². The first kappa shape index (κ1) is 13.5. The van der Waals surface area contributed by atoms with Gasteiger partial charge in [0.25, 0.3) is 0 Å². The van der Waals surface area contributed by atoms with Crippen molar-refractivity contribution in [2.75, 3.05) is 12.4 Å². The Kier molecular flexibility index (Phi) is 4.96. The molecule has 1 aromatic rings. The van der Waals surface area contributed by atoms with Gasteiger partial charge in [-0.2, -0.15) is 0 Å². The third-order valence-electron chi connectivity index (χ3n) is 1.84. The number of esters is 1. The molecule has 0 aliphatic rings. The Morgan fingerprint density at radius 2 is 2.18 bits per heavy atom. The standard InChI is InChI=1S/C11H11FO4S/c1-2-16-9(13)6-17-10-7(11(14)15)4-3-5-8(10)12/h3-5H,2,6H2,1H3,(H,14,15). The number of aromatic carboxylic acids is 1. The number of benzene rings is 1. The maximum atomic E-state index is 13.4. The molecule has 92 valence electrons. The average molecular weight is 258 g/mol. The molecule has 0 unspecified atom stereocenters. The van der Waals surface area contributed by atoms with Crippen LogP contribution in [0.4, 0.5) is 4.39 Å². The molecule has 0 radical (unpaired) electrons. The van der Waals surface area contributed by atoms with E-state index < -0.39 is 17.8 Å². The summed E-state index contributed by atoms with van der Waals surface area (Å²) in [6.45, 7) is 1.90. The second kappa shape index (κ2) is 6.24. The number of hydrogen-bond donors (Lipinski definition) is 1. The summed E-state index contributed by atoms with van der Waals surface area (Å²) in [6, 6.07) is 3.76. The van der Waals surface area contributed by atoms with Gasteiger partial charge in [0, 0.05) is 0 Å². The molecule has 0 saturated carbocycles. The fourth-order valence-electron chi connectivity index (χ4n) is 1.16. The van der Waals surface area contributed by atoms with Crippen molar-refractivity contribution in [2.45, 2.75) is 11.8 Å². The molecule has 0 aromatic heterocycles. The summed E-state index contributed by atoms with van der Waals surface area (Å²) in [5, 5.41) is 8.86. The molecule has 6 heteroatoms. The van der Waals surface area contributed by atoms with Crippen LogP contribution in [-0.2, 0) is 9.53 Å². The van der Waals surface area contributed by atoms with Gasteiger partial charge in [-0.3, -0.25) is 4.79 Å². The van der Waals surface area contributed by atoms with Crippen LogP contribution in [0.15, 0.2) is 23.1 Å². The summed E-state index contributed by atoms with van der Waals surface area (Å²) >= 11 is 0.820. The Hall–Kier alpha value is -1.56. The molecule has 0 saturated heterocycles. The van der Waals surface area contributed by atoms with E-state index in [1.54, 1.807) is 6.92 Å². The molecule has 0 aliphatic carbocycles. The van der Waals surface area contributed by atoms with Crippen molar-refractivity contribution in [3.63, 3.8) is 0 Å². The summed E-state index contributed by atoms with van der Waals surface area (Å²) in [4.78, 5) is 21.9. The van der Waals surface area contributed by atoms with Gasteiger partial charge in [-0.15, -0.1) is 11.8 Å². The third-order valence-corrected chi connectivity index (χ3v) is 2.92. The zero-order valence-electron chi connectivity index (χ0n) is 9.10. The van der Waals surface area contributed by atoms with E-state index in [-0.39, 0.29) is 22.8 Å². The number of carboxylic acids is 1. The van der Waals surface area contributed by atoms with E-state index in [0.29, 0.717) is 0 Å². The Morgan fingerprint density at radius 1 is 1.47 bits per heavy atom. The van der Waals surface area contributed by atoms with Gasteiger partial charge in [0.05, 0.1) is 22.8 Å². The number of halogens is 1. The van der Waals surface area contributed by atoms with Crippen LogP contribution in [0.25, 0.3) is 0 Å². The van der Waals surface area contributed by atoms with Gasteiger partial charge in [0.1, 0.15) is 5.82 Å². The van der Waals surface area contributed by atoms with Gasteiger partial charge in [-0.25, -0.2) is 9.18 Å². The van der Waals surface area contributed by atoms with Crippen LogP contribution in [0.2, 0.25) is 0 Å². The van der Waals surface area contributed by atoms with Gasteiger partial charge in [0.2, 0.25) is 0 Å². The van der Waals surface area contributed by atoms with Gasteiger partial charge < -0.3 is 9.84 Å². The van der Waals surface area contributed by atoms with E-state index in [4.69, 9.17) is 5.11 Å². The molecular formula is C11H11FO4S. The van der Waals surface area contributed by atoms with Crippen molar-refractivity contribution in [1.29, 1.82) is 0 Å². The van der Waals surface area contributed by atoms with Crippen LogP contribution in [0.1, 0.15) is 17.3 Å². The predicted octanol–water partition coefficient (Wildman–Crippen LogP) is 2.18. The molecule has 1 N–H and O–H groups in total. The number of hydrogen-bond acceptors (Lipinski definition) is 4. The maximum Gasteiger partial charge on any atom is 0.336 e. The van der Waals surface area contributed by atoms with Crippen molar-refractivity contribution in [2.24, 2.45) is 0 Å². The second-order valence-corrected chi connectivity index (χ2v) is 4.00. The minimum atomic E-state index is -1.23. The van der Waals surface area contributed by atoms with Crippen molar-refractivity contribution >= 4 is 23.7 Å². The van der Waals surface area contributed by atoms with Crippen LogP contribution in [-0.4, -0.2) is 29.4 Å². The molecule has 0 aliphatic heterocycles. The maximum absolute atomic E-state index is 13.4. The molecule has 0 atom stereocenters. The first-order valence-corrected chi connectivity index (χ1v) is 5.85. The summed E-state index contributed by atoms with van der Waals surface area (Å²) in [5.74, 6) is -2.50. The van der Waals surface area contributed by atoms with Gasteiger partial charge in [-0.05, 0) is 19.1 Å². The third kappa shape index (κ3) is 3.74. The zero-order chi connectivity index (χ0) is 12.8. The van der Waals surface area contributed by atoms with E-state index in [2.05, 4.69) is 4.74 Å². The number of thioether (sulfide) groups is 1. The minimum absolute atomic E-state index is 0.0481.